The summed E-state index contributed by atoms with van der Waals surface area (Å²) in [7, 11) is -3.65. The number of carbonyl (C=O) groups is 2. The van der Waals surface area contributed by atoms with Gasteiger partial charge in [0.1, 0.15) is 19.3 Å². The largest absolute Gasteiger partial charge is 0.486 e. The van der Waals surface area contributed by atoms with Gasteiger partial charge in [-0.3, -0.25) is 13.9 Å². The van der Waals surface area contributed by atoms with Crippen LogP contribution in [0.4, 0.5) is 5.69 Å². The zero-order valence-corrected chi connectivity index (χ0v) is 26.2. The molecule has 1 aliphatic heterocycles. The molecule has 1 atom stereocenters. The van der Waals surface area contributed by atoms with Crippen molar-refractivity contribution < 1.29 is 27.5 Å². The van der Waals surface area contributed by atoms with E-state index < -0.39 is 16.1 Å². The fraction of sp³-hybridized carbons (Fsp3) is 0.355. The van der Waals surface area contributed by atoms with Crippen LogP contribution in [0.3, 0.4) is 0 Å². The molecule has 0 fully saturated rings. The summed E-state index contributed by atoms with van der Waals surface area (Å²) in [6.07, 6.45) is 1.79. The normalized spacial score (nSPS) is 13.2. The summed E-state index contributed by atoms with van der Waals surface area (Å²) in [5.74, 6) is 0.567. The number of sulfonamides is 1. The van der Waals surface area contributed by atoms with Gasteiger partial charge in [0.2, 0.25) is 21.8 Å². The van der Waals surface area contributed by atoms with E-state index in [9.17, 15) is 18.0 Å². The van der Waals surface area contributed by atoms with Gasteiger partial charge in [-0.25, -0.2) is 8.42 Å². The van der Waals surface area contributed by atoms with Crippen LogP contribution in [-0.2, 0) is 32.6 Å². The summed E-state index contributed by atoms with van der Waals surface area (Å²) in [6, 6.07) is 21.5. The monoisotopic (exact) mass is 657 g/mol. The van der Waals surface area contributed by atoms with Gasteiger partial charge in [-0.2, -0.15) is 0 Å². The molecule has 11 heteroatoms. The number of nitrogens with one attached hydrogen (secondary N) is 1. The van der Waals surface area contributed by atoms with E-state index in [2.05, 4.69) is 21.2 Å². The van der Waals surface area contributed by atoms with Gasteiger partial charge in [-0.1, -0.05) is 58.4 Å². The number of benzene rings is 3. The highest BCUT2D eigenvalue weighted by Crippen LogP contribution is 2.35. The average molecular weight is 659 g/mol. The SMILES string of the molecule is CCNC(=O)[C@@H](Cc1ccccc1)N(Cc1cccc(Br)c1)C(=O)CCCN(c1ccc2c(c1)OCCO2)S(C)(=O)=O. The average Bonchev–Trinajstić information content (AvgIpc) is 2.97. The van der Waals surface area contributed by atoms with Crippen molar-refractivity contribution in [3.63, 3.8) is 0 Å². The van der Waals surface area contributed by atoms with Crippen molar-refractivity contribution in [2.75, 3.05) is 36.9 Å². The van der Waals surface area contributed by atoms with Crippen LogP contribution in [0.1, 0.15) is 30.9 Å². The molecule has 224 valence electrons. The summed E-state index contributed by atoms with van der Waals surface area (Å²) in [5.41, 5.74) is 2.24. The van der Waals surface area contributed by atoms with Gasteiger partial charge >= 0.3 is 0 Å². The molecule has 0 saturated carbocycles. The second-order valence-corrected chi connectivity index (χ2v) is 12.8. The summed E-state index contributed by atoms with van der Waals surface area (Å²) in [5, 5.41) is 2.89. The molecule has 1 N–H and O–H groups in total. The van der Waals surface area contributed by atoms with Crippen LogP contribution >= 0.6 is 15.9 Å². The van der Waals surface area contributed by atoms with Crippen molar-refractivity contribution in [3.05, 3.63) is 88.4 Å². The predicted molar refractivity (Wildman–Crippen MR) is 166 cm³/mol. The van der Waals surface area contributed by atoms with E-state index in [-0.39, 0.29) is 37.7 Å². The predicted octanol–water partition coefficient (Wildman–Crippen LogP) is 4.54. The highest BCUT2D eigenvalue weighted by molar-refractivity contribution is 9.10. The Balaban J connectivity index is 1.56. The lowest BCUT2D eigenvalue weighted by Gasteiger charge is -2.32. The first-order valence-electron chi connectivity index (χ1n) is 13.9. The Bertz CT molecular complexity index is 1480. The van der Waals surface area contributed by atoms with Gasteiger partial charge in [0.15, 0.2) is 11.5 Å². The van der Waals surface area contributed by atoms with Crippen molar-refractivity contribution in [1.82, 2.24) is 10.2 Å². The molecule has 4 rings (SSSR count). The summed E-state index contributed by atoms with van der Waals surface area (Å²) >= 11 is 3.49. The van der Waals surface area contributed by atoms with Gasteiger partial charge < -0.3 is 19.7 Å². The minimum Gasteiger partial charge on any atom is -0.486 e. The zero-order valence-electron chi connectivity index (χ0n) is 23.8. The molecule has 0 bridgehead atoms. The van der Waals surface area contributed by atoms with Gasteiger partial charge in [-0.05, 0) is 48.7 Å². The summed E-state index contributed by atoms with van der Waals surface area (Å²) < 4.78 is 38.8. The molecule has 1 aliphatic rings. The first-order valence-corrected chi connectivity index (χ1v) is 16.5. The second-order valence-electron chi connectivity index (χ2n) is 10.0. The molecule has 42 heavy (non-hydrogen) atoms. The third-order valence-corrected chi connectivity index (χ3v) is 8.52. The number of carbonyl (C=O) groups excluding carboxylic acids is 2. The number of anilines is 1. The van der Waals surface area contributed by atoms with Crippen LogP contribution in [0.2, 0.25) is 0 Å². The van der Waals surface area contributed by atoms with E-state index >= 15 is 0 Å². The third-order valence-electron chi connectivity index (χ3n) is 6.83. The number of nitrogens with zero attached hydrogens (tertiary/aromatic N) is 2. The van der Waals surface area contributed by atoms with Crippen molar-refractivity contribution in [2.45, 2.75) is 38.8 Å². The summed E-state index contributed by atoms with van der Waals surface area (Å²) in [4.78, 5) is 28.8. The lowest BCUT2D eigenvalue weighted by molar-refractivity contribution is -0.141. The molecule has 0 unspecified atom stereocenters. The number of rotatable bonds is 13. The number of halogens is 1. The van der Waals surface area contributed by atoms with E-state index in [1.54, 1.807) is 23.1 Å². The van der Waals surface area contributed by atoms with Crippen LogP contribution < -0.4 is 19.1 Å². The van der Waals surface area contributed by atoms with Gasteiger partial charge in [-0.15, -0.1) is 0 Å². The molecular formula is C31H36BrN3O6S. The number of amides is 2. The Morgan fingerprint density at radius 1 is 0.952 bits per heavy atom. The molecule has 0 radical (unpaired) electrons. The Kier molecular flexibility index (Phi) is 10.9. The number of hydrogen-bond acceptors (Lipinski definition) is 6. The minimum atomic E-state index is -3.65. The maximum Gasteiger partial charge on any atom is 0.243 e. The first-order chi connectivity index (χ1) is 20.2. The van der Waals surface area contributed by atoms with Crippen LogP contribution in [0.15, 0.2) is 77.3 Å². The molecule has 2 amide bonds. The third kappa shape index (κ3) is 8.48. The van der Waals surface area contributed by atoms with Crippen LogP contribution in [0, 0.1) is 0 Å². The molecule has 9 nitrogen and oxygen atoms in total. The van der Waals surface area contributed by atoms with Crippen LogP contribution in [0.5, 0.6) is 11.5 Å². The van der Waals surface area contributed by atoms with E-state index in [0.29, 0.717) is 43.4 Å². The quantitative estimate of drug-likeness (QED) is 0.289. The number of ether oxygens (including phenoxy) is 2. The molecule has 3 aromatic carbocycles. The lowest BCUT2D eigenvalue weighted by Crippen LogP contribution is -2.50. The standard InChI is InChI=1S/C31H36BrN3O6S/c1-3-33-31(37)27(20-23-9-5-4-6-10-23)34(22-24-11-7-12-25(32)19-24)30(36)13-8-16-35(42(2,38)39)26-14-15-28-29(21-26)41-18-17-40-28/h4-7,9-12,14-15,19,21,27H,3,8,13,16-18,20,22H2,1-2H3,(H,33,37)/t27-/m1/s1. The van der Waals surface area contributed by atoms with E-state index in [4.69, 9.17) is 9.47 Å². The Morgan fingerprint density at radius 3 is 2.36 bits per heavy atom. The highest BCUT2D eigenvalue weighted by atomic mass is 79.9. The van der Waals surface area contributed by atoms with Crippen LogP contribution in [0.25, 0.3) is 0 Å². The molecular weight excluding hydrogens is 622 g/mol. The van der Waals surface area contributed by atoms with Crippen molar-refractivity contribution in [1.29, 1.82) is 0 Å². The minimum absolute atomic E-state index is 0.0509. The molecule has 0 spiro atoms. The van der Waals surface area contributed by atoms with Crippen LogP contribution in [-0.4, -0.2) is 63.7 Å². The van der Waals surface area contributed by atoms with Gasteiger partial charge in [0, 0.05) is 43.0 Å². The number of fused-ring (bicyclic) bond motifs is 1. The first kappa shape index (κ1) is 31.4. The zero-order chi connectivity index (χ0) is 30.1. The fourth-order valence-electron chi connectivity index (χ4n) is 4.87. The van der Waals surface area contributed by atoms with Crippen molar-refractivity contribution in [3.8, 4) is 11.5 Å². The van der Waals surface area contributed by atoms with E-state index in [0.717, 1.165) is 21.9 Å². The Hall–Kier alpha value is -3.57. The van der Waals surface area contributed by atoms with E-state index in [1.165, 1.54) is 4.31 Å². The topological polar surface area (TPSA) is 105 Å². The smallest absolute Gasteiger partial charge is 0.243 e. The van der Waals surface area contributed by atoms with Gasteiger partial charge in [0.25, 0.3) is 0 Å². The Labute approximate surface area is 256 Å². The molecule has 0 aromatic heterocycles. The second kappa shape index (κ2) is 14.6. The van der Waals surface area contributed by atoms with Gasteiger partial charge in [0.05, 0.1) is 11.9 Å². The lowest BCUT2D eigenvalue weighted by atomic mass is 10.0. The highest BCUT2D eigenvalue weighted by Gasteiger charge is 2.30. The summed E-state index contributed by atoms with van der Waals surface area (Å²) in [6.45, 7) is 3.40. The number of likely N-dealkylation sites (N-methyl/N-ethyl adjacent to an activating group) is 1. The molecule has 1 heterocycles. The van der Waals surface area contributed by atoms with E-state index in [1.807, 2.05) is 61.5 Å². The maximum atomic E-state index is 13.9. The maximum absolute atomic E-state index is 13.9. The number of hydrogen-bond donors (Lipinski definition) is 1. The molecule has 3 aromatic rings. The Morgan fingerprint density at radius 2 is 1.67 bits per heavy atom. The van der Waals surface area contributed by atoms with Crippen molar-refractivity contribution >= 4 is 43.5 Å². The molecule has 0 saturated heterocycles. The van der Waals surface area contributed by atoms with Crippen molar-refractivity contribution in [2.24, 2.45) is 0 Å². The fourth-order valence-corrected chi connectivity index (χ4v) is 6.27. The molecule has 0 aliphatic carbocycles.